The smallest absolute Gasteiger partial charge is 0.220 e. The molecule has 1 amide bonds. The predicted octanol–water partition coefficient (Wildman–Crippen LogP) is 0.532. The van der Waals surface area contributed by atoms with Gasteiger partial charge in [-0.25, -0.2) is 0 Å². The van der Waals surface area contributed by atoms with Crippen LogP contribution in [0, 0.1) is 0 Å². The SMILES string of the molecule is CC(=O)NC(C)c1cc(=O)c(O)ccc1N. The van der Waals surface area contributed by atoms with Crippen LogP contribution in [0.15, 0.2) is 23.0 Å². The highest BCUT2D eigenvalue weighted by molar-refractivity contribution is 5.73. The van der Waals surface area contributed by atoms with Gasteiger partial charge < -0.3 is 16.2 Å². The van der Waals surface area contributed by atoms with E-state index in [1.807, 2.05) is 0 Å². The summed E-state index contributed by atoms with van der Waals surface area (Å²) in [5.74, 6) is -0.581. The first-order valence-electron chi connectivity index (χ1n) is 4.81. The summed E-state index contributed by atoms with van der Waals surface area (Å²) in [6.07, 6.45) is 0. The summed E-state index contributed by atoms with van der Waals surface area (Å²) in [6.45, 7) is 3.09. The van der Waals surface area contributed by atoms with Gasteiger partial charge in [-0.1, -0.05) is 0 Å². The second kappa shape index (κ2) is 4.65. The van der Waals surface area contributed by atoms with Crippen molar-refractivity contribution in [3.63, 3.8) is 0 Å². The Kier molecular flexibility index (Phi) is 3.50. The van der Waals surface area contributed by atoms with E-state index in [0.29, 0.717) is 11.3 Å². The fourth-order valence-electron chi connectivity index (χ4n) is 1.40. The Bertz CT molecular complexity index is 471. The number of rotatable bonds is 2. The molecule has 0 aliphatic carbocycles. The lowest BCUT2D eigenvalue weighted by Crippen LogP contribution is -2.24. The molecule has 1 unspecified atom stereocenters. The summed E-state index contributed by atoms with van der Waals surface area (Å²) in [6, 6.07) is 3.52. The number of anilines is 1. The molecular weight excluding hydrogens is 208 g/mol. The zero-order chi connectivity index (χ0) is 12.3. The number of amides is 1. The number of nitrogen functional groups attached to an aromatic ring is 1. The van der Waals surface area contributed by atoms with Gasteiger partial charge in [0.05, 0.1) is 6.04 Å². The average Bonchev–Trinajstić information content (AvgIpc) is 2.30. The molecule has 1 rings (SSSR count). The summed E-state index contributed by atoms with van der Waals surface area (Å²) in [7, 11) is 0. The first kappa shape index (κ1) is 12.0. The number of hydrogen-bond acceptors (Lipinski definition) is 4. The van der Waals surface area contributed by atoms with Gasteiger partial charge in [-0.3, -0.25) is 9.59 Å². The van der Waals surface area contributed by atoms with Crippen LogP contribution in [0.25, 0.3) is 0 Å². The topological polar surface area (TPSA) is 92.4 Å². The number of aromatic hydroxyl groups is 1. The number of carbonyl (C=O) groups is 1. The van der Waals surface area contributed by atoms with E-state index in [1.54, 1.807) is 6.92 Å². The molecule has 0 bridgehead atoms. The Labute approximate surface area is 92.9 Å². The van der Waals surface area contributed by atoms with E-state index >= 15 is 0 Å². The van der Waals surface area contributed by atoms with Crippen molar-refractivity contribution in [2.24, 2.45) is 0 Å². The van der Waals surface area contributed by atoms with E-state index < -0.39 is 5.43 Å². The largest absolute Gasteiger partial charge is 0.504 e. The third-order valence-corrected chi connectivity index (χ3v) is 2.18. The average molecular weight is 222 g/mol. The van der Waals surface area contributed by atoms with Crippen LogP contribution in [-0.2, 0) is 4.79 Å². The summed E-state index contributed by atoms with van der Waals surface area (Å²) < 4.78 is 0. The van der Waals surface area contributed by atoms with Crippen LogP contribution in [0.5, 0.6) is 5.75 Å². The standard InChI is InChI=1S/C11H14N2O3/c1-6(13-7(2)14)8-5-11(16)10(15)4-3-9(8)12/h3-6H,12H2,1-2H3,(H,13,14)(H,15,16). The maximum atomic E-state index is 11.4. The molecule has 1 atom stereocenters. The minimum absolute atomic E-state index is 0.213. The molecule has 1 aromatic carbocycles. The van der Waals surface area contributed by atoms with Crippen LogP contribution in [0.3, 0.4) is 0 Å². The van der Waals surface area contributed by atoms with Gasteiger partial charge in [-0.05, 0) is 25.1 Å². The van der Waals surface area contributed by atoms with E-state index in [1.165, 1.54) is 25.1 Å². The van der Waals surface area contributed by atoms with E-state index in [9.17, 15) is 14.7 Å². The van der Waals surface area contributed by atoms with Crippen molar-refractivity contribution in [2.45, 2.75) is 19.9 Å². The van der Waals surface area contributed by atoms with Crippen LogP contribution >= 0.6 is 0 Å². The van der Waals surface area contributed by atoms with E-state index in [4.69, 9.17) is 5.73 Å². The maximum Gasteiger partial charge on any atom is 0.220 e. The minimum atomic E-state index is -0.524. The first-order valence-corrected chi connectivity index (χ1v) is 4.81. The molecule has 4 N–H and O–H groups in total. The fourth-order valence-corrected chi connectivity index (χ4v) is 1.40. The van der Waals surface area contributed by atoms with Crippen molar-refractivity contribution in [2.75, 3.05) is 5.73 Å². The molecule has 16 heavy (non-hydrogen) atoms. The van der Waals surface area contributed by atoms with Gasteiger partial charge >= 0.3 is 0 Å². The van der Waals surface area contributed by atoms with Gasteiger partial charge in [0.15, 0.2) is 5.75 Å². The van der Waals surface area contributed by atoms with Crippen molar-refractivity contribution in [1.82, 2.24) is 5.32 Å². The fraction of sp³-hybridized carbons (Fsp3) is 0.273. The van der Waals surface area contributed by atoms with Crippen LogP contribution in [0.4, 0.5) is 5.69 Å². The Morgan fingerprint density at radius 2 is 2.12 bits per heavy atom. The van der Waals surface area contributed by atoms with Crippen molar-refractivity contribution in [3.05, 3.63) is 34.0 Å². The first-order chi connectivity index (χ1) is 7.41. The van der Waals surface area contributed by atoms with Gasteiger partial charge in [0.25, 0.3) is 0 Å². The predicted molar refractivity (Wildman–Crippen MR) is 61.0 cm³/mol. The second-order valence-corrected chi connectivity index (χ2v) is 3.56. The third kappa shape index (κ3) is 2.73. The molecule has 86 valence electrons. The molecule has 1 aromatic rings. The summed E-state index contributed by atoms with van der Waals surface area (Å²) in [4.78, 5) is 22.3. The second-order valence-electron chi connectivity index (χ2n) is 3.56. The molecule has 0 radical (unpaired) electrons. The van der Waals surface area contributed by atoms with Crippen LogP contribution in [0.1, 0.15) is 25.5 Å². The minimum Gasteiger partial charge on any atom is -0.504 e. The van der Waals surface area contributed by atoms with Crippen molar-refractivity contribution >= 4 is 11.6 Å². The quantitative estimate of drug-likeness (QED) is 0.680. The van der Waals surface area contributed by atoms with Crippen molar-refractivity contribution in [3.8, 4) is 5.75 Å². The molecule has 0 fully saturated rings. The molecule has 0 aliphatic rings. The summed E-state index contributed by atoms with van der Waals surface area (Å²) in [5.41, 5.74) is 6.02. The molecular formula is C11H14N2O3. The van der Waals surface area contributed by atoms with E-state index in [2.05, 4.69) is 5.32 Å². The van der Waals surface area contributed by atoms with Crippen molar-refractivity contribution in [1.29, 1.82) is 0 Å². The normalized spacial score (nSPS) is 11.9. The Morgan fingerprint density at radius 1 is 1.50 bits per heavy atom. The van der Waals surface area contributed by atoms with Gasteiger partial charge in [-0.15, -0.1) is 0 Å². The summed E-state index contributed by atoms with van der Waals surface area (Å²) >= 11 is 0. The number of hydrogen-bond donors (Lipinski definition) is 3. The molecule has 5 heteroatoms. The lowest BCUT2D eigenvalue weighted by molar-refractivity contribution is -0.119. The highest BCUT2D eigenvalue weighted by atomic mass is 16.3. The van der Waals surface area contributed by atoms with Gasteiger partial charge in [0.2, 0.25) is 11.3 Å². The number of carbonyl (C=O) groups excluding carboxylic acids is 1. The molecule has 0 aliphatic heterocycles. The van der Waals surface area contributed by atoms with Crippen molar-refractivity contribution < 1.29 is 9.90 Å². The van der Waals surface area contributed by atoms with Gasteiger partial charge in [-0.2, -0.15) is 0 Å². The number of nitrogens with one attached hydrogen (secondary N) is 1. The Hall–Kier alpha value is -2.04. The van der Waals surface area contributed by atoms with Gasteiger partial charge in [0, 0.05) is 18.2 Å². The van der Waals surface area contributed by atoms with Crippen LogP contribution in [0.2, 0.25) is 0 Å². The molecule has 0 saturated heterocycles. The summed E-state index contributed by atoms with van der Waals surface area (Å²) in [5, 5.41) is 11.9. The molecule has 0 aromatic heterocycles. The van der Waals surface area contributed by atoms with Crippen LogP contribution < -0.4 is 16.5 Å². The van der Waals surface area contributed by atoms with Crippen LogP contribution in [-0.4, -0.2) is 11.0 Å². The highest BCUT2D eigenvalue weighted by Gasteiger charge is 2.10. The van der Waals surface area contributed by atoms with E-state index in [-0.39, 0.29) is 17.7 Å². The van der Waals surface area contributed by atoms with Gasteiger partial charge in [0.1, 0.15) is 0 Å². The molecule has 5 nitrogen and oxygen atoms in total. The zero-order valence-corrected chi connectivity index (χ0v) is 9.15. The molecule has 0 saturated carbocycles. The monoisotopic (exact) mass is 222 g/mol. The van der Waals surface area contributed by atoms with E-state index in [0.717, 1.165) is 0 Å². The Balaban J connectivity index is 3.24. The molecule has 0 spiro atoms. The lowest BCUT2D eigenvalue weighted by Gasteiger charge is -2.12. The lowest BCUT2D eigenvalue weighted by atomic mass is 10.1. The zero-order valence-electron chi connectivity index (χ0n) is 9.15. The maximum absolute atomic E-state index is 11.4. The number of nitrogens with two attached hydrogens (primary N) is 1. The highest BCUT2D eigenvalue weighted by Crippen LogP contribution is 2.18. The third-order valence-electron chi connectivity index (χ3n) is 2.18. The Morgan fingerprint density at radius 3 is 2.69 bits per heavy atom. The molecule has 0 heterocycles.